The number of ether oxygens (including phenoxy) is 2. The van der Waals surface area contributed by atoms with Gasteiger partial charge in [0, 0.05) is 24.0 Å². The molecule has 0 saturated heterocycles. The van der Waals surface area contributed by atoms with E-state index in [4.69, 9.17) is 9.47 Å². The predicted molar refractivity (Wildman–Crippen MR) is 92.9 cm³/mol. The van der Waals surface area contributed by atoms with E-state index in [1.807, 2.05) is 24.3 Å². The van der Waals surface area contributed by atoms with Gasteiger partial charge in [-0.2, -0.15) is 0 Å². The first kappa shape index (κ1) is 18.6. The standard InChI is InChI=1S/C20H22O5/c1-12(21)8-9-14-6-5-7-15(10-14)11-16-13(2)17(22)19(24-3)20(25-4)18(16)23/h5-7,10H,8-9,11H2,1-4H3. The molecule has 5 heteroatoms. The third-order valence-electron chi connectivity index (χ3n) is 4.23. The summed E-state index contributed by atoms with van der Waals surface area (Å²) in [6, 6.07) is 7.70. The van der Waals surface area contributed by atoms with Crippen molar-refractivity contribution in [2.75, 3.05) is 14.2 Å². The SMILES string of the molecule is COC1=C(OC)C(=O)C(Cc2cccc(CCC(C)=O)c2)=C(C)C1=O. The van der Waals surface area contributed by atoms with Gasteiger partial charge in [-0.25, -0.2) is 0 Å². The monoisotopic (exact) mass is 342 g/mol. The Morgan fingerprint density at radius 2 is 1.60 bits per heavy atom. The molecule has 1 aliphatic rings. The quantitative estimate of drug-likeness (QED) is 0.713. The number of aryl methyl sites for hydroxylation is 1. The van der Waals surface area contributed by atoms with Crippen molar-refractivity contribution >= 4 is 17.3 Å². The van der Waals surface area contributed by atoms with E-state index in [1.54, 1.807) is 13.8 Å². The zero-order valence-corrected chi connectivity index (χ0v) is 15.0. The fourth-order valence-corrected chi connectivity index (χ4v) is 2.82. The molecule has 1 aliphatic carbocycles. The van der Waals surface area contributed by atoms with Crippen molar-refractivity contribution in [2.24, 2.45) is 0 Å². The van der Waals surface area contributed by atoms with E-state index in [0.29, 0.717) is 30.4 Å². The summed E-state index contributed by atoms with van der Waals surface area (Å²) in [4.78, 5) is 36.2. The number of Topliss-reactive ketones (excluding diaryl/α,β-unsaturated/α-hetero) is 3. The van der Waals surface area contributed by atoms with Crippen molar-refractivity contribution < 1.29 is 23.9 Å². The topological polar surface area (TPSA) is 69.7 Å². The summed E-state index contributed by atoms with van der Waals surface area (Å²) in [6.45, 7) is 3.19. The lowest BCUT2D eigenvalue weighted by Crippen LogP contribution is -2.26. The van der Waals surface area contributed by atoms with E-state index in [-0.39, 0.29) is 28.9 Å². The van der Waals surface area contributed by atoms with Crippen LogP contribution in [0.25, 0.3) is 0 Å². The van der Waals surface area contributed by atoms with Crippen molar-refractivity contribution in [3.05, 3.63) is 58.1 Å². The van der Waals surface area contributed by atoms with E-state index in [2.05, 4.69) is 0 Å². The Morgan fingerprint density at radius 3 is 2.20 bits per heavy atom. The number of carbonyl (C=O) groups is 3. The van der Waals surface area contributed by atoms with E-state index in [0.717, 1.165) is 11.1 Å². The molecule has 2 rings (SSSR count). The molecule has 25 heavy (non-hydrogen) atoms. The van der Waals surface area contributed by atoms with Crippen molar-refractivity contribution in [1.29, 1.82) is 0 Å². The Balaban J connectivity index is 2.29. The molecule has 5 nitrogen and oxygen atoms in total. The number of benzene rings is 1. The minimum absolute atomic E-state index is 0.0519. The van der Waals surface area contributed by atoms with Crippen LogP contribution >= 0.6 is 0 Å². The molecule has 0 N–H and O–H groups in total. The van der Waals surface area contributed by atoms with Gasteiger partial charge in [0.2, 0.25) is 23.1 Å². The van der Waals surface area contributed by atoms with Crippen LogP contribution < -0.4 is 0 Å². The maximum atomic E-state index is 12.7. The summed E-state index contributed by atoms with van der Waals surface area (Å²) in [5.74, 6) is -0.629. The maximum absolute atomic E-state index is 12.7. The van der Waals surface area contributed by atoms with Gasteiger partial charge in [0.05, 0.1) is 14.2 Å². The smallest absolute Gasteiger partial charge is 0.228 e. The molecule has 0 unspecified atom stereocenters. The largest absolute Gasteiger partial charge is 0.489 e. The van der Waals surface area contributed by atoms with Crippen molar-refractivity contribution in [1.82, 2.24) is 0 Å². The molecule has 0 fully saturated rings. The van der Waals surface area contributed by atoms with E-state index < -0.39 is 0 Å². The molecule has 0 heterocycles. The minimum Gasteiger partial charge on any atom is -0.489 e. The third kappa shape index (κ3) is 4.05. The number of ketones is 3. The number of rotatable bonds is 7. The zero-order valence-electron chi connectivity index (χ0n) is 15.0. The van der Waals surface area contributed by atoms with Crippen LogP contribution in [0.15, 0.2) is 46.9 Å². The van der Waals surface area contributed by atoms with Gasteiger partial charge in [0.1, 0.15) is 5.78 Å². The van der Waals surface area contributed by atoms with E-state index >= 15 is 0 Å². The fraction of sp³-hybridized carbons (Fsp3) is 0.350. The van der Waals surface area contributed by atoms with Crippen molar-refractivity contribution in [2.45, 2.75) is 33.1 Å². The second-order valence-corrected chi connectivity index (χ2v) is 6.03. The van der Waals surface area contributed by atoms with Crippen LogP contribution in [-0.2, 0) is 36.7 Å². The average Bonchev–Trinajstić information content (AvgIpc) is 2.60. The maximum Gasteiger partial charge on any atom is 0.228 e. The van der Waals surface area contributed by atoms with Gasteiger partial charge in [0.15, 0.2) is 0 Å². The fourth-order valence-electron chi connectivity index (χ4n) is 2.82. The summed E-state index contributed by atoms with van der Waals surface area (Å²) < 4.78 is 10.1. The van der Waals surface area contributed by atoms with Crippen molar-refractivity contribution in [3.8, 4) is 0 Å². The molecule has 0 amide bonds. The van der Waals surface area contributed by atoms with Crippen molar-refractivity contribution in [3.63, 3.8) is 0 Å². The first-order chi connectivity index (χ1) is 11.9. The van der Waals surface area contributed by atoms with Gasteiger partial charge in [-0.3, -0.25) is 9.59 Å². The molecule has 0 aliphatic heterocycles. The molecule has 0 spiro atoms. The van der Waals surface area contributed by atoms with Gasteiger partial charge in [-0.15, -0.1) is 0 Å². The lowest BCUT2D eigenvalue weighted by molar-refractivity contribution is -0.121. The summed E-state index contributed by atoms with van der Waals surface area (Å²) in [6.07, 6.45) is 1.47. The lowest BCUT2D eigenvalue weighted by atomic mass is 9.88. The Morgan fingerprint density at radius 1 is 1.00 bits per heavy atom. The number of allylic oxidation sites excluding steroid dienone is 2. The minimum atomic E-state index is -0.332. The predicted octanol–water partition coefficient (Wildman–Crippen LogP) is 2.72. The highest BCUT2D eigenvalue weighted by Gasteiger charge is 2.34. The number of methoxy groups -OCH3 is 2. The van der Waals surface area contributed by atoms with Crippen LogP contribution in [-0.4, -0.2) is 31.6 Å². The molecule has 0 aromatic heterocycles. The van der Waals surface area contributed by atoms with Gasteiger partial charge < -0.3 is 14.3 Å². The first-order valence-corrected chi connectivity index (χ1v) is 8.07. The highest BCUT2D eigenvalue weighted by Crippen LogP contribution is 2.28. The second kappa shape index (κ2) is 7.92. The Labute approximate surface area is 147 Å². The summed E-state index contributed by atoms with van der Waals surface area (Å²) in [5.41, 5.74) is 2.72. The molecule has 1 aromatic rings. The Hall–Kier alpha value is -2.69. The van der Waals surface area contributed by atoms with E-state index in [1.165, 1.54) is 14.2 Å². The Bertz CT molecular complexity index is 783. The molecule has 0 atom stereocenters. The summed E-state index contributed by atoms with van der Waals surface area (Å²) in [5, 5.41) is 0. The molecular formula is C20H22O5. The van der Waals surface area contributed by atoms with Crippen LogP contribution in [0, 0.1) is 0 Å². The third-order valence-corrected chi connectivity index (χ3v) is 4.23. The van der Waals surface area contributed by atoms with Gasteiger partial charge in [0.25, 0.3) is 0 Å². The molecular weight excluding hydrogens is 320 g/mol. The lowest BCUT2D eigenvalue weighted by Gasteiger charge is -2.20. The Kier molecular flexibility index (Phi) is 5.91. The highest BCUT2D eigenvalue weighted by atomic mass is 16.5. The average molecular weight is 342 g/mol. The first-order valence-electron chi connectivity index (χ1n) is 8.07. The second-order valence-electron chi connectivity index (χ2n) is 6.03. The summed E-state index contributed by atoms with van der Waals surface area (Å²) >= 11 is 0. The summed E-state index contributed by atoms with van der Waals surface area (Å²) in [7, 11) is 2.69. The van der Waals surface area contributed by atoms with Gasteiger partial charge >= 0.3 is 0 Å². The number of hydrogen-bond donors (Lipinski definition) is 0. The highest BCUT2D eigenvalue weighted by molar-refractivity contribution is 6.23. The molecule has 1 aromatic carbocycles. The molecule has 0 radical (unpaired) electrons. The molecule has 0 bridgehead atoms. The van der Waals surface area contributed by atoms with Crippen LogP contribution in [0.1, 0.15) is 31.4 Å². The van der Waals surface area contributed by atoms with Crippen LogP contribution in [0.5, 0.6) is 0 Å². The van der Waals surface area contributed by atoms with Gasteiger partial charge in [-0.1, -0.05) is 24.3 Å². The normalized spacial score (nSPS) is 14.9. The van der Waals surface area contributed by atoms with Crippen LogP contribution in [0.2, 0.25) is 0 Å². The number of carbonyl (C=O) groups excluding carboxylic acids is 3. The molecule has 0 saturated carbocycles. The molecule has 132 valence electrons. The van der Waals surface area contributed by atoms with E-state index in [9.17, 15) is 14.4 Å². The van der Waals surface area contributed by atoms with Gasteiger partial charge in [-0.05, 0) is 31.4 Å². The van der Waals surface area contributed by atoms with Crippen LogP contribution in [0.3, 0.4) is 0 Å². The number of hydrogen-bond acceptors (Lipinski definition) is 5. The zero-order chi connectivity index (χ0) is 18.6. The van der Waals surface area contributed by atoms with Crippen LogP contribution in [0.4, 0.5) is 0 Å².